The Morgan fingerprint density at radius 2 is 1.62 bits per heavy atom. The second kappa shape index (κ2) is 9.29. The molecule has 7 heteroatoms. The first-order valence-corrected chi connectivity index (χ1v) is 9.66. The second-order valence-electron chi connectivity index (χ2n) is 7.49. The quantitative estimate of drug-likeness (QED) is 0.552. The van der Waals surface area contributed by atoms with E-state index >= 15 is 0 Å². The molecule has 6 nitrogen and oxygen atoms in total. The molecule has 0 unspecified atom stereocenters. The molecule has 0 bridgehead atoms. The Labute approximate surface area is 176 Å². The van der Waals surface area contributed by atoms with Crippen LogP contribution >= 0.6 is 11.6 Å². The van der Waals surface area contributed by atoms with Gasteiger partial charge in [-0.1, -0.05) is 24.6 Å². The fraction of sp³-hybridized carbons (Fsp3) is 0.364. The first-order chi connectivity index (χ1) is 13.6. The number of hydrazine groups is 1. The third kappa shape index (κ3) is 5.28. The SMILES string of the molecule is CCc1c(OC)cccc1C(=O)N(NC(C)(C)C)C(=O)c1ccc(Cl)cc1OC. The second-order valence-corrected chi connectivity index (χ2v) is 7.93. The van der Waals surface area contributed by atoms with Crippen LogP contribution in [0.2, 0.25) is 5.02 Å². The Hall–Kier alpha value is -2.57. The monoisotopic (exact) mass is 418 g/mol. The van der Waals surface area contributed by atoms with Gasteiger partial charge < -0.3 is 9.47 Å². The Morgan fingerprint density at radius 1 is 1.00 bits per heavy atom. The van der Waals surface area contributed by atoms with E-state index in [1.807, 2.05) is 27.7 Å². The van der Waals surface area contributed by atoms with Crippen LogP contribution in [0, 0.1) is 0 Å². The van der Waals surface area contributed by atoms with E-state index in [1.165, 1.54) is 13.2 Å². The minimum atomic E-state index is -0.545. The van der Waals surface area contributed by atoms with Gasteiger partial charge in [-0.05, 0) is 57.5 Å². The molecule has 0 saturated carbocycles. The highest BCUT2D eigenvalue weighted by Crippen LogP contribution is 2.27. The number of rotatable bonds is 6. The Morgan fingerprint density at radius 3 is 2.17 bits per heavy atom. The lowest BCUT2D eigenvalue weighted by atomic mass is 10.0. The zero-order valence-electron chi connectivity index (χ0n) is 17.6. The molecule has 2 aromatic rings. The summed E-state index contributed by atoms with van der Waals surface area (Å²) in [5.74, 6) is -0.121. The number of methoxy groups -OCH3 is 2. The van der Waals surface area contributed by atoms with Crippen LogP contribution in [0.15, 0.2) is 36.4 Å². The van der Waals surface area contributed by atoms with E-state index in [0.29, 0.717) is 22.8 Å². The van der Waals surface area contributed by atoms with E-state index in [-0.39, 0.29) is 11.3 Å². The minimum Gasteiger partial charge on any atom is -0.496 e. The maximum atomic E-state index is 13.5. The van der Waals surface area contributed by atoms with Gasteiger partial charge in [0.25, 0.3) is 11.8 Å². The number of halogens is 1. The van der Waals surface area contributed by atoms with Crippen molar-refractivity contribution in [2.45, 2.75) is 39.7 Å². The highest BCUT2D eigenvalue weighted by Gasteiger charge is 2.31. The lowest BCUT2D eigenvalue weighted by Gasteiger charge is -2.31. The molecular formula is C22H27ClN2O4. The van der Waals surface area contributed by atoms with Crippen molar-refractivity contribution in [2.75, 3.05) is 14.2 Å². The van der Waals surface area contributed by atoms with Crippen molar-refractivity contribution >= 4 is 23.4 Å². The largest absolute Gasteiger partial charge is 0.496 e. The van der Waals surface area contributed by atoms with Crippen LogP contribution in [0.4, 0.5) is 0 Å². The van der Waals surface area contributed by atoms with Crippen LogP contribution in [0.1, 0.15) is 54.0 Å². The van der Waals surface area contributed by atoms with Crippen molar-refractivity contribution in [3.05, 3.63) is 58.1 Å². The smallest absolute Gasteiger partial charge is 0.279 e. The molecule has 1 N–H and O–H groups in total. The van der Waals surface area contributed by atoms with Gasteiger partial charge in [-0.15, -0.1) is 0 Å². The zero-order chi connectivity index (χ0) is 21.8. The molecule has 0 saturated heterocycles. The highest BCUT2D eigenvalue weighted by atomic mass is 35.5. The molecule has 0 spiro atoms. The standard InChI is InChI=1S/C22H27ClN2O4/c1-7-15-16(9-8-10-18(15)28-5)20(26)25(24-22(2,3)4)21(27)17-12-11-14(23)13-19(17)29-6/h8-13,24H,7H2,1-6H3. The number of imide groups is 1. The summed E-state index contributed by atoms with van der Waals surface area (Å²) in [6.45, 7) is 7.53. The number of hydrogen-bond donors (Lipinski definition) is 1. The van der Waals surface area contributed by atoms with E-state index in [1.54, 1.807) is 37.4 Å². The van der Waals surface area contributed by atoms with Gasteiger partial charge >= 0.3 is 0 Å². The first-order valence-electron chi connectivity index (χ1n) is 9.29. The Bertz CT molecular complexity index is 906. The predicted molar refractivity (Wildman–Crippen MR) is 114 cm³/mol. The molecule has 0 atom stereocenters. The van der Waals surface area contributed by atoms with E-state index in [0.717, 1.165) is 10.6 Å². The van der Waals surface area contributed by atoms with Crippen LogP contribution < -0.4 is 14.9 Å². The number of benzene rings is 2. The van der Waals surface area contributed by atoms with Crippen molar-refractivity contribution in [1.29, 1.82) is 0 Å². The Balaban J connectivity index is 2.57. The summed E-state index contributed by atoms with van der Waals surface area (Å²) in [7, 11) is 3.00. The van der Waals surface area contributed by atoms with Crippen molar-refractivity contribution in [3.63, 3.8) is 0 Å². The van der Waals surface area contributed by atoms with Crippen LogP contribution in [0.3, 0.4) is 0 Å². The summed E-state index contributed by atoms with van der Waals surface area (Å²) < 4.78 is 10.7. The lowest BCUT2D eigenvalue weighted by Crippen LogP contribution is -2.55. The fourth-order valence-electron chi connectivity index (χ4n) is 2.93. The molecule has 0 aliphatic heterocycles. The van der Waals surface area contributed by atoms with E-state index in [4.69, 9.17) is 21.1 Å². The summed E-state index contributed by atoms with van der Waals surface area (Å²) in [6.07, 6.45) is 0.576. The van der Waals surface area contributed by atoms with Gasteiger partial charge in [-0.2, -0.15) is 0 Å². The van der Waals surface area contributed by atoms with Gasteiger partial charge in [0.15, 0.2) is 0 Å². The van der Waals surface area contributed by atoms with Gasteiger partial charge in [0.1, 0.15) is 11.5 Å². The summed E-state index contributed by atoms with van der Waals surface area (Å²) in [5.41, 5.74) is 3.82. The van der Waals surface area contributed by atoms with Gasteiger partial charge in [-0.25, -0.2) is 10.4 Å². The summed E-state index contributed by atoms with van der Waals surface area (Å²) >= 11 is 6.02. The number of nitrogens with zero attached hydrogens (tertiary/aromatic N) is 1. The molecule has 0 fully saturated rings. The lowest BCUT2D eigenvalue weighted by molar-refractivity contribution is 0.0449. The third-order valence-corrected chi connectivity index (χ3v) is 4.42. The fourth-order valence-corrected chi connectivity index (χ4v) is 3.10. The first kappa shape index (κ1) is 22.7. The molecule has 2 rings (SSSR count). The molecule has 2 amide bonds. The van der Waals surface area contributed by atoms with Crippen LogP contribution in [0.5, 0.6) is 11.5 Å². The maximum absolute atomic E-state index is 13.5. The highest BCUT2D eigenvalue weighted by molar-refractivity contribution is 6.31. The number of hydrogen-bond acceptors (Lipinski definition) is 5. The van der Waals surface area contributed by atoms with E-state index in [2.05, 4.69) is 5.43 Å². The summed E-state index contributed by atoms with van der Waals surface area (Å²) in [6, 6.07) is 9.88. The number of carbonyl (C=O) groups is 2. The minimum absolute atomic E-state index is 0.225. The topological polar surface area (TPSA) is 67.9 Å². The molecule has 0 aliphatic carbocycles. The van der Waals surface area contributed by atoms with Crippen molar-refractivity contribution in [1.82, 2.24) is 10.4 Å². The molecule has 2 aromatic carbocycles. The van der Waals surface area contributed by atoms with Crippen LogP contribution in [-0.2, 0) is 6.42 Å². The van der Waals surface area contributed by atoms with Crippen molar-refractivity contribution in [3.8, 4) is 11.5 Å². The molecule has 29 heavy (non-hydrogen) atoms. The molecular weight excluding hydrogens is 392 g/mol. The number of amides is 2. The van der Waals surface area contributed by atoms with Gasteiger partial charge in [0.05, 0.1) is 19.8 Å². The number of nitrogens with one attached hydrogen (secondary N) is 1. The van der Waals surface area contributed by atoms with E-state index < -0.39 is 17.4 Å². The number of ether oxygens (including phenoxy) is 2. The molecule has 0 aliphatic rings. The van der Waals surface area contributed by atoms with Crippen LogP contribution in [-0.4, -0.2) is 36.6 Å². The van der Waals surface area contributed by atoms with Crippen LogP contribution in [0.25, 0.3) is 0 Å². The summed E-state index contributed by atoms with van der Waals surface area (Å²) in [5, 5.41) is 1.46. The molecule has 0 aromatic heterocycles. The molecule has 156 valence electrons. The van der Waals surface area contributed by atoms with E-state index in [9.17, 15) is 9.59 Å². The molecule has 0 heterocycles. The Kier molecular flexibility index (Phi) is 7.27. The third-order valence-electron chi connectivity index (χ3n) is 4.18. The van der Waals surface area contributed by atoms with Crippen molar-refractivity contribution in [2.24, 2.45) is 0 Å². The zero-order valence-corrected chi connectivity index (χ0v) is 18.4. The maximum Gasteiger partial charge on any atom is 0.279 e. The number of carbonyl (C=O) groups excluding carboxylic acids is 2. The summed E-state index contributed by atoms with van der Waals surface area (Å²) in [4.78, 5) is 26.8. The van der Waals surface area contributed by atoms with Gasteiger partial charge in [-0.3, -0.25) is 9.59 Å². The van der Waals surface area contributed by atoms with Crippen molar-refractivity contribution < 1.29 is 19.1 Å². The average Bonchev–Trinajstić information content (AvgIpc) is 2.69. The normalized spacial score (nSPS) is 11.1. The predicted octanol–water partition coefficient (Wildman–Crippen LogP) is 4.51. The van der Waals surface area contributed by atoms with Gasteiger partial charge in [0.2, 0.25) is 0 Å². The average molecular weight is 419 g/mol. The molecule has 0 radical (unpaired) electrons. The van der Waals surface area contributed by atoms with Gasteiger partial charge in [0, 0.05) is 21.7 Å².